The SMILES string of the molecule is C=C1c2ccccc2C(=O)N1CC(=O)N1CCCN(Cc2ccccc2C)CC1. The average molecular weight is 389 g/mol. The van der Waals surface area contributed by atoms with Crippen molar-refractivity contribution in [3.05, 3.63) is 77.4 Å². The van der Waals surface area contributed by atoms with Gasteiger partial charge in [-0.05, 0) is 30.5 Å². The van der Waals surface area contributed by atoms with Crippen molar-refractivity contribution < 1.29 is 9.59 Å². The van der Waals surface area contributed by atoms with Crippen LogP contribution in [0.25, 0.3) is 5.70 Å². The second-order valence-electron chi connectivity index (χ2n) is 7.82. The molecule has 5 nitrogen and oxygen atoms in total. The molecule has 1 saturated heterocycles. The van der Waals surface area contributed by atoms with Gasteiger partial charge in [0, 0.05) is 49.5 Å². The average Bonchev–Trinajstić information content (AvgIpc) is 2.89. The van der Waals surface area contributed by atoms with Gasteiger partial charge in [0.05, 0.1) is 0 Å². The van der Waals surface area contributed by atoms with Crippen LogP contribution in [0.15, 0.2) is 55.1 Å². The van der Waals surface area contributed by atoms with Gasteiger partial charge in [0.25, 0.3) is 5.91 Å². The van der Waals surface area contributed by atoms with Crippen molar-refractivity contribution >= 4 is 17.5 Å². The van der Waals surface area contributed by atoms with Crippen LogP contribution in [0.1, 0.15) is 33.5 Å². The lowest BCUT2D eigenvalue weighted by atomic mass is 10.1. The number of aryl methyl sites for hydroxylation is 1. The lowest BCUT2D eigenvalue weighted by Gasteiger charge is -2.25. The van der Waals surface area contributed by atoms with Crippen molar-refractivity contribution in [2.75, 3.05) is 32.7 Å². The highest BCUT2D eigenvalue weighted by Gasteiger charge is 2.33. The molecule has 0 spiro atoms. The van der Waals surface area contributed by atoms with Crippen LogP contribution < -0.4 is 0 Å². The van der Waals surface area contributed by atoms with Crippen LogP contribution in [0, 0.1) is 6.92 Å². The number of hydrogen-bond donors (Lipinski definition) is 0. The molecule has 2 aromatic carbocycles. The fourth-order valence-corrected chi connectivity index (χ4v) is 4.14. The molecular weight excluding hydrogens is 362 g/mol. The van der Waals surface area contributed by atoms with Crippen LogP contribution >= 0.6 is 0 Å². The van der Waals surface area contributed by atoms with E-state index in [0.29, 0.717) is 17.8 Å². The molecule has 4 rings (SSSR count). The zero-order valence-corrected chi connectivity index (χ0v) is 16.9. The quantitative estimate of drug-likeness (QED) is 0.807. The van der Waals surface area contributed by atoms with Crippen molar-refractivity contribution in [1.82, 2.24) is 14.7 Å². The van der Waals surface area contributed by atoms with E-state index < -0.39 is 0 Å². The summed E-state index contributed by atoms with van der Waals surface area (Å²) in [5.41, 5.74) is 4.71. The van der Waals surface area contributed by atoms with Gasteiger partial charge in [0.2, 0.25) is 5.91 Å². The normalized spacial score (nSPS) is 17.4. The Balaban J connectivity index is 1.36. The first-order chi connectivity index (χ1) is 14.0. The molecule has 29 heavy (non-hydrogen) atoms. The molecular formula is C24H27N3O2. The molecule has 0 unspecified atom stereocenters. The maximum absolute atomic E-state index is 12.9. The summed E-state index contributed by atoms with van der Waals surface area (Å²) in [4.78, 5) is 31.4. The molecule has 2 aliphatic heterocycles. The molecule has 2 amide bonds. The Kier molecular flexibility index (Phi) is 5.49. The number of fused-ring (bicyclic) bond motifs is 1. The fourth-order valence-electron chi connectivity index (χ4n) is 4.14. The third-order valence-electron chi connectivity index (χ3n) is 5.93. The van der Waals surface area contributed by atoms with Crippen LogP contribution in [0.3, 0.4) is 0 Å². The highest BCUT2D eigenvalue weighted by molar-refractivity contribution is 6.10. The summed E-state index contributed by atoms with van der Waals surface area (Å²) < 4.78 is 0. The summed E-state index contributed by atoms with van der Waals surface area (Å²) in [5, 5.41) is 0. The number of amides is 2. The van der Waals surface area contributed by atoms with Gasteiger partial charge < -0.3 is 4.90 Å². The Hall–Kier alpha value is -2.92. The Morgan fingerprint density at radius 3 is 2.45 bits per heavy atom. The van der Waals surface area contributed by atoms with Crippen molar-refractivity contribution in [3.63, 3.8) is 0 Å². The van der Waals surface area contributed by atoms with Gasteiger partial charge in [-0.25, -0.2) is 0 Å². The summed E-state index contributed by atoms with van der Waals surface area (Å²) in [6.45, 7) is 10.4. The summed E-state index contributed by atoms with van der Waals surface area (Å²) in [6, 6.07) is 15.9. The molecule has 0 radical (unpaired) electrons. The van der Waals surface area contributed by atoms with Gasteiger partial charge in [-0.2, -0.15) is 0 Å². The topological polar surface area (TPSA) is 43.9 Å². The third kappa shape index (κ3) is 3.96. The van der Waals surface area contributed by atoms with E-state index in [1.165, 1.54) is 16.0 Å². The van der Waals surface area contributed by atoms with Crippen LogP contribution in [0.4, 0.5) is 0 Å². The standard InChI is InChI=1S/C24H27N3O2/c1-18-8-3-4-9-20(18)16-25-12-7-13-26(15-14-25)23(28)17-27-19(2)21-10-5-6-11-22(21)24(27)29/h3-6,8-11H,2,7,12-17H2,1H3. The minimum absolute atomic E-state index is 0.00922. The lowest BCUT2D eigenvalue weighted by Crippen LogP contribution is -2.41. The molecule has 2 aromatic rings. The van der Waals surface area contributed by atoms with E-state index in [1.54, 1.807) is 6.07 Å². The molecule has 2 aliphatic rings. The first-order valence-electron chi connectivity index (χ1n) is 10.2. The van der Waals surface area contributed by atoms with Crippen LogP contribution in [-0.4, -0.2) is 59.2 Å². The minimum atomic E-state index is -0.130. The Morgan fingerprint density at radius 2 is 1.69 bits per heavy atom. The number of nitrogens with zero attached hydrogens (tertiary/aromatic N) is 3. The maximum Gasteiger partial charge on any atom is 0.259 e. The van der Waals surface area contributed by atoms with E-state index in [4.69, 9.17) is 0 Å². The molecule has 0 N–H and O–H groups in total. The molecule has 0 bridgehead atoms. The largest absolute Gasteiger partial charge is 0.340 e. The van der Waals surface area contributed by atoms with Crippen LogP contribution in [0.2, 0.25) is 0 Å². The molecule has 150 valence electrons. The number of carbonyl (C=O) groups is 2. The predicted molar refractivity (Wildman–Crippen MR) is 114 cm³/mol. The van der Waals surface area contributed by atoms with Crippen molar-refractivity contribution in [3.8, 4) is 0 Å². The van der Waals surface area contributed by atoms with Crippen molar-refractivity contribution in [1.29, 1.82) is 0 Å². The van der Waals surface area contributed by atoms with E-state index in [-0.39, 0.29) is 18.4 Å². The number of rotatable bonds is 4. The smallest absolute Gasteiger partial charge is 0.259 e. The zero-order chi connectivity index (χ0) is 20.4. The zero-order valence-electron chi connectivity index (χ0n) is 16.9. The first-order valence-corrected chi connectivity index (χ1v) is 10.2. The summed E-state index contributed by atoms with van der Waals surface area (Å²) >= 11 is 0. The Labute approximate surface area is 172 Å². The number of carbonyl (C=O) groups excluding carboxylic acids is 2. The second kappa shape index (κ2) is 8.21. The Morgan fingerprint density at radius 1 is 0.966 bits per heavy atom. The Bertz CT molecular complexity index is 918. The molecule has 0 aliphatic carbocycles. The molecule has 1 fully saturated rings. The number of hydrogen-bond acceptors (Lipinski definition) is 3. The van der Waals surface area contributed by atoms with Gasteiger partial charge in [-0.3, -0.25) is 19.4 Å². The van der Waals surface area contributed by atoms with Crippen molar-refractivity contribution in [2.45, 2.75) is 19.9 Å². The van der Waals surface area contributed by atoms with E-state index in [1.807, 2.05) is 23.1 Å². The molecule has 2 heterocycles. The van der Waals surface area contributed by atoms with E-state index in [0.717, 1.165) is 38.2 Å². The minimum Gasteiger partial charge on any atom is -0.340 e. The van der Waals surface area contributed by atoms with Gasteiger partial charge in [0.15, 0.2) is 0 Å². The highest BCUT2D eigenvalue weighted by atomic mass is 16.2. The van der Waals surface area contributed by atoms with Gasteiger partial charge in [-0.15, -0.1) is 0 Å². The first kappa shape index (κ1) is 19.4. The van der Waals surface area contributed by atoms with E-state index >= 15 is 0 Å². The van der Waals surface area contributed by atoms with Gasteiger partial charge in [-0.1, -0.05) is 49.0 Å². The van der Waals surface area contributed by atoms with Crippen LogP contribution in [0.5, 0.6) is 0 Å². The molecule has 5 heteroatoms. The second-order valence-corrected chi connectivity index (χ2v) is 7.82. The summed E-state index contributed by atoms with van der Waals surface area (Å²) in [7, 11) is 0. The predicted octanol–water partition coefficient (Wildman–Crippen LogP) is 3.16. The molecule has 0 aromatic heterocycles. The highest BCUT2D eigenvalue weighted by Crippen LogP contribution is 2.31. The lowest BCUT2D eigenvalue weighted by molar-refractivity contribution is -0.131. The molecule has 0 atom stereocenters. The summed E-state index contributed by atoms with van der Waals surface area (Å²) in [6.07, 6.45) is 0.937. The maximum atomic E-state index is 12.9. The monoisotopic (exact) mass is 389 g/mol. The van der Waals surface area contributed by atoms with Crippen LogP contribution in [-0.2, 0) is 11.3 Å². The fraction of sp³-hybridized carbons (Fsp3) is 0.333. The van der Waals surface area contributed by atoms with E-state index in [9.17, 15) is 9.59 Å². The van der Waals surface area contributed by atoms with Gasteiger partial charge in [0.1, 0.15) is 6.54 Å². The third-order valence-corrected chi connectivity index (χ3v) is 5.93. The summed E-state index contributed by atoms with van der Waals surface area (Å²) in [5.74, 6) is -0.139. The number of benzene rings is 2. The van der Waals surface area contributed by atoms with Gasteiger partial charge >= 0.3 is 0 Å². The van der Waals surface area contributed by atoms with E-state index in [2.05, 4.69) is 42.7 Å². The molecule has 0 saturated carbocycles. The van der Waals surface area contributed by atoms with Crippen molar-refractivity contribution in [2.24, 2.45) is 0 Å².